The Kier molecular flexibility index (Phi) is 15.8. The molecule has 5 N–H and O–H groups in total. The standard InChI is InChI=1S/C28H28ClF5N4O4.C20H22ClF5N4O2/c29-13-20(37-15-22(28(32,33)34)36-25(37)39)18-6-7-21-19(12-18)35-24(42-21)23(17-8-10-27(30,31)11-9-17)38(26(40)41)14-16-4-2-1-3-5-16;21-8-13(30-9-15(20(24,25)26)29-18(30)31)11-1-2-14-12(7-11)28-17(32-14)16(27)10-3-5-19(22,23)6-4-10/h1-7,12,17,20,22-23H,8-11,13-15H2,(H,36,39)(H,40,41);1-2,7,10,13,15-16H,3-6,8-9,27H2,(H,29,31)/t20-,22+,23+;13-,15+,16+/m11/s1. The van der Waals surface area contributed by atoms with E-state index in [2.05, 4.69) is 9.97 Å². The predicted octanol–water partition coefficient (Wildman–Crippen LogP) is 12.0. The second kappa shape index (κ2) is 21.5. The van der Waals surface area contributed by atoms with Gasteiger partial charge in [-0.1, -0.05) is 42.5 Å². The number of hydrogen-bond donors (Lipinski definition) is 4. The second-order valence-electron chi connectivity index (χ2n) is 19.0. The SMILES string of the molecule is N[C@H](c1nc2cc([C@@H](CCl)N3C[C@@H](C(F)(F)F)NC3=O)ccc2o1)C1CCC(F)(F)CC1.O=C1N[C@H](C(F)(F)F)CN1[C@H](CCl)c1ccc2oc([C@H](C3CCC(F)(F)CC3)N(Cc3ccccc3)C(=O)O)nc2c1. The van der Waals surface area contributed by atoms with Gasteiger partial charge in [0.25, 0.3) is 0 Å². The monoisotopic (exact) mass is 1090 g/mol. The van der Waals surface area contributed by atoms with Crippen molar-refractivity contribution in [2.24, 2.45) is 17.6 Å². The number of alkyl halides is 12. The number of carbonyl (C=O) groups excluding carboxylic acids is 2. The number of aromatic nitrogens is 2. The van der Waals surface area contributed by atoms with Crippen LogP contribution in [0.2, 0.25) is 0 Å². The number of nitrogens with one attached hydrogen (secondary N) is 2. The number of amides is 5. The van der Waals surface area contributed by atoms with Gasteiger partial charge >= 0.3 is 30.5 Å². The Hall–Kier alpha value is -5.75. The van der Waals surface area contributed by atoms with Crippen molar-refractivity contribution in [3.8, 4) is 0 Å². The van der Waals surface area contributed by atoms with E-state index >= 15 is 0 Å². The molecule has 4 aliphatic rings. The molecular formula is C48H50Cl2F10N8O6. The van der Waals surface area contributed by atoms with Crippen molar-refractivity contribution in [3.05, 3.63) is 95.2 Å². The third-order valence-electron chi connectivity index (χ3n) is 14.1. The highest BCUT2D eigenvalue weighted by Crippen LogP contribution is 2.46. The number of fused-ring (bicyclic) bond motifs is 2. The van der Waals surface area contributed by atoms with Crippen LogP contribution in [0.3, 0.4) is 0 Å². The molecular weight excluding hydrogens is 1050 g/mol. The number of oxazole rings is 2. The van der Waals surface area contributed by atoms with Gasteiger partial charge in [0.1, 0.15) is 29.2 Å². The van der Waals surface area contributed by atoms with Crippen LogP contribution in [0.25, 0.3) is 22.2 Å². The molecule has 74 heavy (non-hydrogen) atoms. The van der Waals surface area contributed by atoms with E-state index in [1.807, 2.05) is 10.6 Å². The first-order valence-electron chi connectivity index (χ1n) is 23.6. The highest BCUT2D eigenvalue weighted by Gasteiger charge is 2.50. The van der Waals surface area contributed by atoms with Crippen LogP contribution in [0.1, 0.15) is 104 Å². The lowest BCUT2D eigenvalue weighted by Crippen LogP contribution is -2.40. The molecule has 5 aromatic rings. The topological polar surface area (TPSA) is 183 Å². The van der Waals surface area contributed by atoms with E-state index < -0.39 is 110 Å². The molecule has 2 aromatic heterocycles. The molecule has 2 aliphatic heterocycles. The second-order valence-corrected chi connectivity index (χ2v) is 19.7. The lowest BCUT2D eigenvalue weighted by atomic mass is 9.81. The van der Waals surface area contributed by atoms with Crippen molar-refractivity contribution in [1.29, 1.82) is 0 Å². The minimum absolute atomic E-state index is 0.0224. The lowest BCUT2D eigenvalue weighted by Gasteiger charge is -2.37. The van der Waals surface area contributed by atoms with Crippen LogP contribution in [-0.4, -0.2) is 109 Å². The molecule has 0 unspecified atom stereocenters. The number of hydrogen-bond acceptors (Lipinski definition) is 8. The summed E-state index contributed by atoms with van der Waals surface area (Å²) in [5.74, 6) is -6.28. The van der Waals surface area contributed by atoms with Gasteiger partial charge in [-0.25, -0.2) is 41.9 Å². The Morgan fingerprint density at radius 3 is 1.57 bits per heavy atom. The highest BCUT2D eigenvalue weighted by atomic mass is 35.5. The van der Waals surface area contributed by atoms with Crippen molar-refractivity contribution in [3.63, 3.8) is 0 Å². The fraction of sp³-hybridized carbons (Fsp3) is 0.521. The Morgan fingerprint density at radius 1 is 0.716 bits per heavy atom. The van der Waals surface area contributed by atoms with Gasteiger partial charge in [-0.3, -0.25) is 4.90 Å². The first-order chi connectivity index (χ1) is 34.8. The van der Waals surface area contributed by atoms with Gasteiger partial charge in [-0.2, -0.15) is 26.3 Å². The molecule has 4 heterocycles. The number of nitrogens with zero attached hydrogens (tertiary/aromatic N) is 5. The molecule has 0 spiro atoms. The van der Waals surface area contributed by atoms with Crippen LogP contribution in [-0.2, 0) is 6.54 Å². The van der Waals surface area contributed by atoms with E-state index in [0.29, 0.717) is 27.8 Å². The first kappa shape index (κ1) is 54.5. The number of rotatable bonds is 13. The maximum atomic E-state index is 14.0. The molecule has 2 saturated carbocycles. The summed E-state index contributed by atoms with van der Waals surface area (Å²) in [7, 11) is 0. The summed E-state index contributed by atoms with van der Waals surface area (Å²) in [6, 6.07) is 9.09. The van der Waals surface area contributed by atoms with Crippen molar-refractivity contribution in [2.75, 3.05) is 24.8 Å². The van der Waals surface area contributed by atoms with E-state index in [-0.39, 0.29) is 85.6 Å². The molecule has 0 bridgehead atoms. The summed E-state index contributed by atoms with van der Waals surface area (Å²) in [5, 5.41) is 14.1. The van der Waals surface area contributed by atoms with Gasteiger partial charge in [0, 0.05) is 44.0 Å². The third kappa shape index (κ3) is 12.2. The Bertz CT molecular complexity index is 2780. The van der Waals surface area contributed by atoms with Crippen molar-refractivity contribution in [2.45, 2.75) is 118 Å². The number of halogens is 12. The molecule has 26 heteroatoms. The van der Waals surface area contributed by atoms with Crippen LogP contribution < -0.4 is 16.4 Å². The molecule has 9 rings (SSSR count). The first-order valence-corrected chi connectivity index (χ1v) is 24.7. The Labute approximate surface area is 425 Å². The van der Waals surface area contributed by atoms with Gasteiger partial charge in [0.15, 0.2) is 11.2 Å². The van der Waals surface area contributed by atoms with E-state index in [9.17, 15) is 63.4 Å². The quantitative estimate of drug-likeness (QED) is 0.0658. The van der Waals surface area contributed by atoms with Crippen LogP contribution >= 0.6 is 23.2 Å². The van der Waals surface area contributed by atoms with E-state index in [1.54, 1.807) is 54.6 Å². The van der Waals surface area contributed by atoms with Gasteiger partial charge in [-0.15, -0.1) is 23.2 Å². The normalized spacial score (nSPS) is 22.2. The average molecular weight is 1100 g/mol. The fourth-order valence-electron chi connectivity index (χ4n) is 9.99. The summed E-state index contributed by atoms with van der Waals surface area (Å²) in [6.07, 6.45) is -11.1. The molecule has 4 fully saturated rings. The predicted molar refractivity (Wildman–Crippen MR) is 249 cm³/mol. The molecule has 2 aliphatic carbocycles. The minimum atomic E-state index is -4.62. The maximum Gasteiger partial charge on any atom is 0.410 e. The molecule has 6 atom stereocenters. The maximum absolute atomic E-state index is 14.0. The van der Waals surface area contributed by atoms with Crippen molar-refractivity contribution in [1.82, 2.24) is 35.3 Å². The van der Waals surface area contributed by atoms with Crippen LogP contribution in [0.4, 0.5) is 58.3 Å². The van der Waals surface area contributed by atoms with E-state index in [0.717, 1.165) is 14.7 Å². The van der Waals surface area contributed by atoms with Crippen LogP contribution in [0.15, 0.2) is 75.6 Å². The smallest absolute Gasteiger partial charge is 0.410 e. The zero-order valence-corrected chi connectivity index (χ0v) is 40.5. The molecule has 2 saturated heterocycles. The number of benzene rings is 3. The number of nitrogens with two attached hydrogens (primary N) is 1. The lowest BCUT2D eigenvalue weighted by molar-refractivity contribution is -0.150. The largest absolute Gasteiger partial charge is 0.465 e. The van der Waals surface area contributed by atoms with Gasteiger partial charge in [-0.05, 0) is 78.5 Å². The minimum Gasteiger partial charge on any atom is -0.465 e. The van der Waals surface area contributed by atoms with Gasteiger partial charge in [0.05, 0.1) is 31.2 Å². The summed E-state index contributed by atoms with van der Waals surface area (Å²) < 4.78 is 145. The highest BCUT2D eigenvalue weighted by molar-refractivity contribution is 6.18. The Morgan fingerprint density at radius 2 is 1.15 bits per heavy atom. The van der Waals surface area contributed by atoms with Crippen molar-refractivity contribution < 1.29 is 72.2 Å². The molecule has 402 valence electrons. The van der Waals surface area contributed by atoms with Crippen LogP contribution in [0, 0.1) is 11.8 Å². The Balaban J connectivity index is 0.000000204. The molecule has 0 radical (unpaired) electrons. The molecule has 14 nitrogen and oxygen atoms in total. The number of urea groups is 2. The summed E-state index contributed by atoms with van der Waals surface area (Å²) in [6.45, 7) is -1.21. The average Bonchev–Trinajstić information content (AvgIpc) is 4.15. The van der Waals surface area contributed by atoms with Crippen molar-refractivity contribution >= 4 is 63.6 Å². The van der Waals surface area contributed by atoms with Gasteiger partial charge < -0.3 is 40.1 Å². The molecule has 3 aromatic carbocycles. The fourth-order valence-corrected chi connectivity index (χ4v) is 10.7. The number of carbonyl (C=O) groups is 3. The zero-order valence-electron chi connectivity index (χ0n) is 39.0. The van der Waals surface area contributed by atoms with E-state index in [4.69, 9.17) is 37.8 Å². The van der Waals surface area contributed by atoms with Crippen LogP contribution in [0.5, 0.6) is 0 Å². The van der Waals surface area contributed by atoms with Gasteiger partial charge in [0.2, 0.25) is 23.6 Å². The van der Waals surface area contributed by atoms with E-state index in [1.165, 1.54) is 12.1 Å². The number of carboxylic acid groups (broad SMARTS) is 1. The summed E-state index contributed by atoms with van der Waals surface area (Å²) in [4.78, 5) is 49.2. The zero-order chi connectivity index (χ0) is 53.5. The summed E-state index contributed by atoms with van der Waals surface area (Å²) in [5.41, 5.74) is 9.14. The summed E-state index contributed by atoms with van der Waals surface area (Å²) >= 11 is 12.1. The molecule has 5 amide bonds. The third-order valence-corrected chi connectivity index (χ3v) is 14.7.